The monoisotopic (exact) mass is 322 g/mol. The van der Waals surface area contributed by atoms with Crippen LogP contribution in [0.5, 0.6) is 0 Å². The second-order valence-corrected chi connectivity index (χ2v) is 5.82. The maximum Gasteiger partial charge on any atom is 0.261 e. The molecule has 24 heavy (non-hydrogen) atoms. The minimum atomic E-state index is -0.372. The Morgan fingerprint density at radius 3 is 2.42 bits per heavy atom. The van der Waals surface area contributed by atoms with Crippen molar-refractivity contribution in [3.8, 4) is 0 Å². The highest BCUT2D eigenvalue weighted by molar-refractivity contribution is 6.22. The summed E-state index contributed by atoms with van der Waals surface area (Å²) < 4.78 is 0. The van der Waals surface area contributed by atoms with Gasteiger partial charge in [-0.15, -0.1) is 0 Å². The summed E-state index contributed by atoms with van der Waals surface area (Å²) in [5, 5.41) is 0. The molecule has 2 aromatic rings. The zero-order valence-corrected chi connectivity index (χ0v) is 13.9. The van der Waals surface area contributed by atoms with E-state index in [-0.39, 0.29) is 23.3 Å². The molecule has 0 saturated carbocycles. The number of imide groups is 1. The van der Waals surface area contributed by atoms with Gasteiger partial charge in [0.15, 0.2) is 0 Å². The smallest absolute Gasteiger partial charge is 0.261 e. The van der Waals surface area contributed by atoms with Crippen LogP contribution in [0.25, 0.3) is 0 Å². The lowest BCUT2D eigenvalue weighted by atomic mass is 10.0. The van der Waals surface area contributed by atoms with E-state index in [1.165, 1.54) is 13.1 Å². The highest BCUT2D eigenvalue weighted by Crippen LogP contribution is 2.25. The van der Waals surface area contributed by atoms with Gasteiger partial charge in [0.05, 0.1) is 11.1 Å². The Balaban J connectivity index is 1.99. The number of nitrogens with zero attached hydrogens (tertiary/aromatic N) is 2. The summed E-state index contributed by atoms with van der Waals surface area (Å²) >= 11 is 0. The summed E-state index contributed by atoms with van der Waals surface area (Å²) in [5.74, 6) is -0.899. The zero-order chi connectivity index (χ0) is 17.4. The van der Waals surface area contributed by atoms with Crippen LogP contribution in [0.1, 0.15) is 43.6 Å². The molecule has 1 aliphatic heterocycles. The van der Waals surface area contributed by atoms with Gasteiger partial charge in [-0.3, -0.25) is 19.3 Å². The Hall–Kier alpha value is -2.95. The zero-order valence-electron chi connectivity index (χ0n) is 13.9. The van der Waals surface area contributed by atoms with E-state index >= 15 is 0 Å². The second-order valence-electron chi connectivity index (χ2n) is 5.82. The van der Waals surface area contributed by atoms with Crippen LogP contribution in [0, 0.1) is 6.92 Å². The van der Waals surface area contributed by atoms with Crippen molar-refractivity contribution in [2.24, 2.45) is 0 Å². The fraction of sp³-hybridized carbons (Fsp3) is 0.211. The fourth-order valence-electron chi connectivity index (χ4n) is 2.89. The van der Waals surface area contributed by atoms with Crippen molar-refractivity contribution in [2.45, 2.75) is 13.8 Å². The number of carbonyl (C=O) groups excluding carboxylic acids is 3. The van der Waals surface area contributed by atoms with Gasteiger partial charge < -0.3 is 4.90 Å². The first-order chi connectivity index (χ1) is 11.4. The molecule has 3 amide bonds. The van der Waals surface area contributed by atoms with Crippen molar-refractivity contribution < 1.29 is 14.4 Å². The Morgan fingerprint density at radius 1 is 1.04 bits per heavy atom. The van der Waals surface area contributed by atoms with E-state index in [9.17, 15) is 14.4 Å². The third-order valence-electron chi connectivity index (χ3n) is 4.21. The number of anilines is 1. The van der Waals surface area contributed by atoms with Gasteiger partial charge >= 0.3 is 0 Å². The molecule has 0 spiro atoms. The molecular weight excluding hydrogens is 304 g/mol. The number of carbonyl (C=O) groups is 3. The molecule has 122 valence electrons. The van der Waals surface area contributed by atoms with Gasteiger partial charge in [-0.05, 0) is 49.7 Å². The Labute approximate surface area is 140 Å². The predicted molar refractivity (Wildman–Crippen MR) is 91.4 cm³/mol. The van der Waals surface area contributed by atoms with Gasteiger partial charge in [-0.1, -0.05) is 12.1 Å². The van der Waals surface area contributed by atoms with Crippen molar-refractivity contribution in [2.75, 3.05) is 18.5 Å². The van der Waals surface area contributed by atoms with E-state index < -0.39 is 0 Å². The molecule has 3 rings (SSSR count). The summed E-state index contributed by atoms with van der Waals surface area (Å²) in [5.41, 5.74) is 2.90. The summed E-state index contributed by atoms with van der Waals surface area (Å²) in [6.45, 7) is 4.37. The highest BCUT2D eigenvalue weighted by Gasteiger charge is 2.33. The van der Waals surface area contributed by atoms with E-state index in [1.54, 1.807) is 17.0 Å². The van der Waals surface area contributed by atoms with Crippen LogP contribution in [0.2, 0.25) is 0 Å². The van der Waals surface area contributed by atoms with E-state index in [1.807, 2.05) is 38.1 Å². The predicted octanol–water partition coefficient (Wildman–Crippen LogP) is 2.89. The highest BCUT2D eigenvalue weighted by atomic mass is 16.2. The van der Waals surface area contributed by atoms with E-state index in [4.69, 9.17) is 0 Å². The number of fused-ring (bicyclic) bond motifs is 1. The second kappa shape index (κ2) is 5.92. The first-order valence-corrected chi connectivity index (χ1v) is 7.79. The SMILES string of the molecule is CCN(C(=O)c1ccc2c(c1)C(=O)N(C)C2=O)c1cccc(C)c1. The van der Waals surface area contributed by atoms with Crippen LogP contribution < -0.4 is 4.90 Å². The van der Waals surface area contributed by atoms with Crippen LogP contribution in [0.4, 0.5) is 5.69 Å². The molecule has 2 aromatic carbocycles. The quantitative estimate of drug-likeness (QED) is 0.817. The van der Waals surface area contributed by atoms with Gasteiger partial charge in [-0.2, -0.15) is 0 Å². The van der Waals surface area contributed by atoms with Crippen molar-refractivity contribution in [3.05, 3.63) is 64.7 Å². The number of benzene rings is 2. The molecule has 5 heteroatoms. The molecule has 0 atom stereocenters. The molecule has 0 bridgehead atoms. The van der Waals surface area contributed by atoms with Gasteiger partial charge in [0.2, 0.25) is 0 Å². The number of rotatable bonds is 3. The molecule has 0 aromatic heterocycles. The Bertz CT molecular complexity index is 857. The number of hydrogen-bond acceptors (Lipinski definition) is 3. The van der Waals surface area contributed by atoms with Gasteiger partial charge in [0.1, 0.15) is 0 Å². The Kier molecular flexibility index (Phi) is 3.93. The third-order valence-corrected chi connectivity index (χ3v) is 4.21. The maximum atomic E-state index is 12.9. The van der Waals surface area contributed by atoms with Gasteiger partial charge in [0, 0.05) is 24.8 Å². The number of aryl methyl sites for hydroxylation is 1. The molecule has 0 aliphatic carbocycles. The van der Waals surface area contributed by atoms with Crippen molar-refractivity contribution in [1.29, 1.82) is 0 Å². The minimum Gasteiger partial charge on any atom is -0.309 e. The summed E-state index contributed by atoms with van der Waals surface area (Å²) in [6.07, 6.45) is 0. The van der Waals surface area contributed by atoms with Gasteiger partial charge in [0.25, 0.3) is 17.7 Å². The van der Waals surface area contributed by atoms with Crippen molar-refractivity contribution >= 4 is 23.4 Å². The normalized spacial score (nSPS) is 13.2. The molecule has 0 radical (unpaired) electrons. The lowest BCUT2D eigenvalue weighted by Crippen LogP contribution is -2.30. The van der Waals surface area contributed by atoms with E-state index in [2.05, 4.69) is 0 Å². The largest absolute Gasteiger partial charge is 0.309 e. The van der Waals surface area contributed by atoms with Crippen LogP contribution in [0.3, 0.4) is 0 Å². The number of hydrogen-bond donors (Lipinski definition) is 0. The standard InChI is InChI=1S/C19H18N2O3/c1-4-21(14-7-5-6-12(2)10-14)17(22)13-8-9-15-16(11-13)19(24)20(3)18(15)23/h5-11H,4H2,1-3H3. The average molecular weight is 322 g/mol. The topological polar surface area (TPSA) is 57.7 Å². The fourth-order valence-corrected chi connectivity index (χ4v) is 2.89. The van der Waals surface area contributed by atoms with E-state index in [0.29, 0.717) is 17.7 Å². The van der Waals surface area contributed by atoms with E-state index in [0.717, 1.165) is 16.2 Å². The molecule has 1 heterocycles. The molecule has 0 fully saturated rings. The van der Waals surface area contributed by atoms with Crippen molar-refractivity contribution in [3.63, 3.8) is 0 Å². The lowest BCUT2D eigenvalue weighted by Gasteiger charge is -2.21. The summed E-state index contributed by atoms with van der Waals surface area (Å²) in [4.78, 5) is 39.7. The molecular formula is C19H18N2O3. The Morgan fingerprint density at radius 2 is 1.75 bits per heavy atom. The molecule has 0 unspecified atom stereocenters. The first kappa shape index (κ1) is 15.9. The van der Waals surface area contributed by atoms with Crippen molar-refractivity contribution in [1.82, 2.24) is 4.90 Å². The lowest BCUT2D eigenvalue weighted by molar-refractivity contribution is 0.0693. The first-order valence-electron chi connectivity index (χ1n) is 7.79. The number of amides is 3. The molecule has 0 N–H and O–H groups in total. The van der Waals surface area contributed by atoms with Crippen LogP contribution >= 0.6 is 0 Å². The molecule has 0 saturated heterocycles. The minimum absolute atomic E-state index is 0.194. The average Bonchev–Trinajstić information content (AvgIpc) is 2.80. The summed E-state index contributed by atoms with van der Waals surface area (Å²) in [7, 11) is 1.44. The van der Waals surface area contributed by atoms with Crippen LogP contribution in [-0.4, -0.2) is 36.2 Å². The molecule has 1 aliphatic rings. The third kappa shape index (κ3) is 2.48. The van der Waals surface area contributed by atoms with Crippen LogP contribution in [-0.2, 0) is 0 Å². The maximum absolute atomic E-state index is 12.9. The molecule has 5 nitrogen and oxygen atoms in total. The van der Waals surface area contributed by atoms with Gasteiger partial charge in [-0.25, -0.2) is 0 Å². The van der Waals surface area contributed by atoms with Crippen LogP contribution in [0.15, 0.2) is 42.5 Å². The summed E-state index contributed by atoms with van der Waals surface area (Å²) in [6, 6.07) is 12.4.